The summed E-state index contributed by atoms with van der Waals surface area (Å²) >= 11 is 6.06. The lowest BCUT2D eigenvalue weighted by molar-refractivity contribution is 0.101. The lowest BCUT2D eigenvalue weighted by Gasteiger charge is -2.13. The minimum Gasteiger partial charge on any atom is -0.495 e. The van der Waals surface area contributed by atoms with E-state index >= 15 is 0 Å². The molecule has 0 radical (unpaired) electrons. The molecule has 0 aliphatic rings. The number of hydrogen-bond acceptors (Lipinski definition) is 3. The summed E-state index contributed by atoms with van der Waals surface area (Å²) in [6.07, 6.45) is 0. The Balaban J connectivity index is 1.82. The second kappa shape index (κ2) is 8.38. The number of benzene rings is 3. The summed E-state index contributed by atoms with van der Waals surface area (Å²) < 4.78 is 5.30. The summed E-state index contributed by atoms with van der Waals surface area (Å²) in [6.45, 7) is 0. The Morgan fingerprint density at radius 3 is 2.26 bits per heavy atom. The smallest absolute Gasteiger partial charge is 0.257 e. The molecule has 0 aromatic heterocycles. The zero-order valence-electron chi connectivity index (χ0n) is 14.5. The number of methoxy groups -OCH3 is 1. The Hall–Kier alpha value is -3.31. The fraction of sp³-hybridized carbons (Fsp3) is 0.0476. The quantitative estimate of drug-likeness (QED) is 0.664. The van der Waals surface area contributed by atoms with Crippen molar-refractivity contribution in [2.75, 3.05) is 17.7 Å². The molecule has 3 aromatic rings. The van der Waals surface area contributed by atoms with Crippen molar-refractivity contribution in [3.8, 4) is 5.75 Å². The second-order valence-electron chi connectivity index (χ2n) is 5.67. The largest absolute Gasteiger partial charge is 0.495 e. The van der Waals surface area contributed by atoms with Gasteiger partial charge in [-0.3, -0.25) is 9.59 Å². The predicted octanol–water partition coefficient (Wildman–Crippen LogP) is 4.85. The van der Waals surface area contributed by atoms with Crippen molar-refractivity contribution in [1.82, 2.24) is 0 Å². The minimum atomic E-state index is -0.342. The average Bonchev–Trinajstić information content (AvgIpc) is 2.69. The van der Waals surface area contributed by atoms with Crippen molar-refractivity contribution >= 4 is 34.8 Å². The molecule has 3 aromatic carbocycles. The number of amides is 2. The van der Waals surface area contributed by atoms with E-state index in [0.29, 0.717) is 33.3 Å². The normalized spacial score (nSPS) is 10.1. The fourth-order valence-electron chi connectivity index (χ4n) is 2.51. The number of carbonyl (C=O) groups excluding carboxylic acids is 2. The van der Waals surface area contributed by atoms with E-state index in [9.17, 15) is 9.59 Å². The fourth-order valence-corrected chi connectivity index (χ4v) is 2.73. The van der Waals surface area contributed by atoms with Crippen molar-refractivity contribution in [1.29, 1.82) is 0 Å². The third-order valence-electron chi connectivity index (χ3n) is 3.86. The zero-order valence-corrected chi connectivity index (χ0v) is 15.3. The Kier molecular flexibility index (Phi) is 5.74. The van der Waals surface area contributed by atoms with Crippen molar-refractivity contribution in [2.24, 2.45) is 0 Å². The molecular weight excluding hydrogens is 364 g/mol. The van der Waals surface area contributed by atoms with Gasteiger partial charge in [-0.2, -0.15) is 0 Å². The van der Waals surface area contributed by atoms with Crippen LogP contribution in [-0.4, -0.2) is 18.9 Å². The van der Waals surface area contributed by atoms with Crippen LogP contribution in [0.3, 0.4) is 0 Å². The topological polar surface area (TPSA) is 67.4 Å². The van der Waals surface area contributed by atoms with E-state index in [1.165, 1.54) is 7.11 Å². The van der Waals surface area contributed by atoms with Gasteiger partial charge in [0.1, 0.15) is 5.75 Å². The summed E-state index contributed by atoms with van der Waals surface area (Å²) in [5, 5.41) is 5.94. The monoisotopic (exact) mass is 380 g/mol. The van der Waals surface area contributed by atoms with Gasteiger partial charge in [-0.15, -0.1) is 0 Å². The first-order valence-corrected chi connectivity index (χ1v) is 8.56. The molecule has 2 amide bonds. The van der Waals surface area contributed by atoms with Gasteiger partial charge in [0, 0.05) is 11.3 Å². The van der Waals surface area contributed by atoms with Crippen molar-refractivity contribution in [3.05, 3.63) is 88.9 Å². The van der Waals surface area contributed by atoms with Crippen LogP contribution in [0.2, 0.25) is 5.02 Å². The van der Waals surface area contributed by atoms with Crippen LogP contribution in [0.1, 0.15) is 20.7 Å². The SMILES string of the molecule is COc1ccc(NC(=O)c2ccccc2Cl)cc1NC(=O)c1ccccc1. The summed E-state index contributed by atoms with van der Waals surface area (Å²) in [6, 6.07) is 20.6. The second-order valence-corrected chi connectivity index (χ2v) is 6.08. The minimum absolute atomic E-state index is 0.275. The molecule has 0 unspecified atom stereocenters. The molecule has 0 bridgehead atoms. The van der Waals surface area contributed by atoms with Gasteiger partial charge in [-0.05, 0) is 42.5 Å². The first kappa shape index (κ1) is 18.5. The van der Waals surface area contributed by atoms with Gasteiger partial charge in [-0.25, -0.2) is 0 Å². The van der Waals surface area contributed by atoms with E-state index in [1.807, 2.05) is 6.07 Å². The van der Waals surface area contributed by atoms with Gasteiger partial charge in [0.2, 0.25) is 0 Å². The molecule has 0 atom stereocenters. The maximum absolute atomic E-state index is 12.4. The molecule has 136 valence electrons. The van der Waals surface area contributed by atoms with Crippen LogP contribution >= 0.6 is 11.6 Å². The van der Waals surface area contributed by atoms with E-state index in [2.05, 4.69) is 10.6 Å². The number of halogens is 1. The standard InChI is InChI=1S/C21H17ClN2O3/c1-27-19-12-11-15(23-21(26)16-9-5-6-10-17(16)22)13-18(19)24-20(25)14-7-3-2-4-8-14/h2-13H,1H3,(H,23,26)(H,24,25). The molecule has 2 N–H and O–H groups in total. The van der Waals surface area contributed by atoms with Crippen LogP contribution in [0.25, 0.3) is 0 Å². The van der Waals surface area contributed by atoms with Gasteiger partial charge < -0.3 is 15.4 Å². The van der Waals surface area contributed by atoms with Crippen LogP contribution in [0.15, 0.2) is 72.8 Å². The summed E-state index contributed by atoms with van der Waals surface area (Å²) in [5.74, 6) is -0.135. The predicted molar refractivity (Wildman–Crippen MR) is 107 cm³/mol. The first-order valence-electron chi connectivity index (χ1n) is 8.19. The molecule has 0 aliphatic heterocycles. The number of hydrogen-bond donors (Lipinski definition) is 2. The van der Waals surface area contributed by atoms with E-state index in [1.54, 1.807) is 66.7 Å². The molecule has 0 heterocycles. The van der Waals surface area contributed by atoms with Crippen LogP contribution in [0.5, 0.6) is 5.75 Å². The average molecular weight is 381 g/mol. The Morgan fingerprint density at radius 1 is 0.852 bits per heavy atom. The highest BCUT2D eigenvalue weighted by atomic mass is 35.5. The molecule has 3 rings (SSSR count). The van der Waals surface area contributed by atoms with Crippen LogP contribution in [0, 0.1) is 0 Å². The highest BCUT2D eigenvalue weighted by Gasteiger charge is 2.13. The molecule has 5 nitrogen and oxygen atoms in total. The highest BCUT2D eigenvalue weighted by molar-refractivity contribution is 6.34. The Bertz CT molecular complexity index is 974. The van der Waals surface area contributed by atoms with Gasteiger partial charge in [0.15, 0.2) is 0 Å². The summed E-state index contributed by atoms with van der Waals surface area (Å²) in [7, 11) is 1.51. The molecular formula is C21H17ClN2O3. The molecule has 0 saturated carbocycles. The number of rotatable bonds is 5. The van der Waals surface area contributed by atoms with Crippen molar-refractivity contribution in [3.63, 3.8) is 0 Å². The van der Waals surface area contributed by atoms with Gasteiger partial charge >= 0.3 is 0 Å². The number of carbonyl (C=O) groups is 2. The maximum atomic E-state index is 12.4. The zero-order chi connectivity index (χ0) is 19.2. The lowest BCUT2D eigenvalue weighted by Crippen LogP contribution is -2.15. The lowest BCUT2D eigenvalue weighted by atomic mass is 10.2. The van der Waals surface area contributed by atoms with Crippen LogP contribution in [0.4, 0.5) is 11.4 Å². The van der Waals surface area contributed by atoms with Crippen molar-refractivity contribution in [2.45, 2.75) is 0 Å². The highest BCUT2D eigenvalue weighted by Crippen LogP contribution is 2.29. The third kappa shape index (κ3) is 4.46. The molecule has 27 heavy (non-hydrogen) atoms. The summed E-state index contributed by atoms with van der Waals surface area (Å²) in [4.78, 5) is 24.8. The number of ether oxygens (including phenoxy) is 1. The third-order valence-corrected chi connectivity index (χ3v) is 4.19. The Labute approximate surface area is 161 Å². The van der Waals surface area contributed by atoms with Crippen LogP contribution < -0.4 is 15.4 Å². The maximum Gasteiger partial charge on any atom is 0.257 e. The van der Waals surface area contributed by atoms with Crippen LogP contribution in [-0.2, 0) is 0 Å². The molecule has 0 saturated heterocycles. The summed E-state index contributed by atoms with van der Waals surface area (Å²) in [5.41, 5.74) is 1.84. The van der Waals surface area contributed by atoms with E-state index in [-0.39, 0.29) is 11.8 Å². The molecule has 0 spiro atoms. The first-order chi connectivity index (χ1) is 13.1. The van der Waals surface area contributed by atoms with Crippen molar-refractivity contribution < 1.29 is 14.3 Å². The van der Waals surface area contributed by atoms with Gasteiger partial charge in [-0.1, -0.05) is 41.9 Å². The number of anilines is 2. The Morgan fingerprint density at radius 2 is 1.56 bits per heavy atom. The van der Waals surface area contributed by atoms with Gasteiger partial charge in [0.05, 0.1) is 23.4 Å². The van der Waals surface area contributed by atoms with E-state index in [4.69, 9.17) is 16.3 Å². The number of nitrogens with one attached hydrogen (secondary N) is 2. The molecule has 0 aliphatic carbocycles. The van der Waals surface area contributed by atoms with Gasteiger partial charge in [0.25, 0.3) is 11.8 Å². The van der Waals surface area contributed by atoms with E-state index in [0.717, 1.165) is 0 Å². The molecule has 6 heteroatoms. The van der Waals surface area contributed by atoms with E-state index < -0.39 is 0 Å². The molecule has 0 fully saturated rings.